The summed E-state index contributed by atoms with van der Waals surface area (Å²) >= 11 is 0. The van der Waals surface area contributed by atoms with Crippen LogP contribution in [0.3, 0.4) is 0 Å². The van der Waals surface area contributed by atoms with Crippen LogP contribution in [-0.2, 0) is 42.8 Å². The first-order valence-corrected chi connectivity index (χ1v) is 12.0. The largest absolute Gasteiger partial charge is 0.479 e. The second-order valence-corrected chi connectivity index (χ2v) is 9.30. The Labute approximate surface area is 224 Å². The smallest absolute Gasteiger partial charge is 0.335 e. The van der Waals surface area contributed by atoms with Crippen LogP contribution in [0, 0.1) is 0 Å². The lowest BCUT2D eigenvalue weighted by molar-refractivity contribution is -0.370. The molecule has 0 unspecified atom stereocenters. The van der Waals surface area contributed by atoms with Gasteiger partial charge in [0.05, 0.1) is 0 Å². The van der Waals surface area contributed by atoms with Gasteiger partial charge in [-0.1, -0.05) is 6.92 Å². The molecule has 0 saturated carbocycles. The third kappa shape index (κ3) is 6.51. The number of aliphatic carboxylic acids is 3. The van der Waals surface area contributed by atoms with Crippen molar-refractivity contribution in [1.29, 1.82) is 0 Å². The van der Waals surface area contributed by atoms with Gasteiger partial charge in [0, 0.05) is 6.61 Å². The van der Waals surface area contributed by atoms with Crippen molar-refractivity contribution in [2.45, 2.75) is 105 Å². The zero-order valence-corrected chi connectivity index (χ0v) is 20.7. The van der Waals surface area contributed by atoms with Crippen molar-refractivity contribution >= 4 is 17.9 Å². The zero-order valence-electron chi connectivity index (χ0n) is 20.7. The van der Waals surface area contributed by atoms with E-state index in [2.05, 4.69) is 0 Å². The Hall–Kier alpha value is -2.11. The van der Waals surface area contributed by atoms with E-state index in [1.165, 1.54) is 0 Å². The second-order valence-electron chi connectivity index (χ2n) is 9.30. The summed E-state index contributed by atoms with van der Waals surface area (Å²) in [5, 5.41) is 100. The zero-order chi connectivity index (χ0) is 30.0. The summed E-state index contributed by atoms with van der Waals surface area (Å²) < 4.78 is 30.9. The van der Waals surface area contributed by atoms with Crippen LogP contribution in [0.4, 0.5) is 0 Å². The lowest BCUT2D eigenvalue weighted by Crippen LogP contribution is -2.67. The molecule has 0 bridgehead atoms. The van der Waals surface area contributed by atoms with Crippen LogP contribution in [-0.4, -0.2) is 168 Å². The Morgan fingerprint density at radius 2 is 0.925 bits per heavy atom. The molecular formula is C21H32O19. The lowest BCUT2D eigenvalue weighted by atomic mass is 9.95. The van der Waals surface area contributed by atoms with Crippen molar-refractivity contribution in [3.63, 3.8) is 0 Å². The van der Waals surface area contributed by atoms with Crippen molar-refractivity contribution in [2.24, 2.45) is 0 Å². The van der Waals surface area contributed by atoms with Crippen LogP contribution in [0.15, 0.2) is 0 Å². The van der Waals surface area contributed by atoms with Gasteiger partial charge in [-0.25, -0.2) is 14.4 Å². The number of hydrogen-bond acceptors (Lipinski definition) is 16. The maximum atomic E-state index is 11.9. The summed E-state index contributed by atoms with van der Waals surface area (Å²) in [5.41, 5.74) is 0. The topological polar surface area (TPSA) is 309 Å². The average Bonchev–Trinajstić information content (AvgIpc) is 2.89. The highest BCUT2D eigenvalue weighted by Gasteiger charge is 2.56. The van der Waals surface area contributed by atoms with E-state index in [0.717, 1.165) is 0 Å². The predicted octanol–water partition coefficient (Wildman–Crippen LogP) is -5.86. The molecule has 40 heavy (non-hydrogen) atoms. The molecule has 10 N–H and O–H groups in total. The molecule has 3 aliphatic rings. The SMILES string of the molecule is CCCO[C@@H]1O[C@@H](C(=O)O)[C@@H](O[C@@H]2O[C@@H](C(=O)O)[C@@H](O[C@@H]3O[C@@H](C(=O)O)[C@@H](O)[C@H](O)[C@@H]3O)[C@H](O)[C@@H]2O)[C@H](O)[C@@H]1O. The summed E-state index contributed by atoms with van der Waals surface area (Å²) in [4.78, 5) is 35.0. The number of carbonyl (C=O) groups is 3. The van der Waals surface area contributed by atoms with Gasteiger partial charge < -0.3 is 79.5 Å². The summed E-state index contributed by atoms with van der Waals surface area (Å²) in [7, 11) is 0. The van der Waals surface area contributed by atoms with Gasteiger partial charge in [0.15, 0.2) is 37.2 Å². The van der Waals surface area contributed by atoms with Crippen LogP contribution >= 0.6 is 0 Å². The van der Waals surface area contributed by atoms with Crippen LogP contribution in [0.25, 0.3) is 0 Å². The number of hydrogen-bond donors (Lipinski definition) is 10. The number of rotatable bonds is 10. The molecule has 15 atom stereocenters. The van der Waals surface area contributed by atoms with Gasteiger partial charge in [-0.15, -0.1) is 0 Å². The van der Waals surface area contributed by atoms with E-state index in [1.54, 1.807) is 6.92 Å². The molecule has 19 nitrogen and oxygen atoms in total. The number of carboxylic acid groups (broad SMARTS) is 3. The predicted molar refractivity (Wildman–Crippen MR) is 117 cm³/mol. The Morgan fingerprint density at radius 3 is 1.35 bits per heavy atom. The quantitative estimate of drug-likeness (QED) is 0.114. The summed E-state index contributed by atoms with van der Waals surface area (Å²) in [5.74, 6) is -5.32. The maximum Gasteiger partial charge on any atom is 0.335 e. The summed E-state index contributed by atoms with van der Waals surface area (Å²) in [6, 6.07) is 0. The standard InChI is InChI=1S/C21H32O19/c1-2-3-35-19-9(27)6(24)11(14(39-19)17(31)32)37-21-10(28)7(25)12(15(40-21)18(33)34)36-20-8(26)4(22)5(23)13(38-20)16(29)30/h4-15,19-28H,2-3H2,1H3,(H,29,30)(H,31,32)(H,33,34)/t4-,5-,6+,7+,8-,9-,10-,11-,12-,13+,14+,15+,19+,20+,21+/m0/s1. The summed E-state index contributed by atoms with van der Waals surface area (Å²) in [6.07, 6.45) is -30.7. The van der Waals surface area contributed by atoms with Gasteiger partial charge in [0.1, 0.15) is 54.9 Å². The molecular weight excluding hydrogens is 556 g/mol. The van der Waals surface area contributed by atoms with E-state index < -0.39 is 110 Å². The fourth-order valence-electron chi connectivity index (χ4n) is 4.33. The molecule has 0 aromatic rings. The highest BCUT2D eigenvalue weighted by molar-refractivity contribution is 5.74. The first-order chi connectivity index (χ1) is 18.7. The minimum absolute atomic E-state index is 0.0350. The van der Waals surface area contributed by atoms with Crippen molar-refractivity contribution in [3.8, 4) is 0 Å². The molecule has 3 aliphatic heterocycles. The molecule has 0 aromatic heterocycles. The van der Waals surface area contributed by atoms with E-state index in [0.29, 0.717) is 6.42 Å². The average molecular weight is 588 g/mol. The molecule has 0 spiro atoms. The Morgan fingerprint density at radius 1 is 0.550 bits per heavy atom. The fraction of sp³-hybridized carbons (Fsp3) is 0.857. The Balaban J connectivity index is 1.79. The third-order valence-corrected chi connectivity index (χ3v) is 6.46. The maximum absolute atomic E-state index is 11.9. The highest BCUT2D eigenvalue weighted by Crippen LogP contribution is 2.33. The van der Waals surface area contributed by atoms with Crippen molar-refractivity contribution in [2.75, 3.05) is 6.61 Å². The molecule has 3 rings (SSSR count). The fourth-order valence-corrected chi connectivity index (χ4v) is 4.33. The van der Waals surface area contributed by atoms with Crippen molar-refractivity contribution < 1.29 is 93.9 Å². The normalized spacial score (nSPS) is 46.0. The first-order valence-electron chi connectivity index (χ1n) is 12.0. The van der Waals surface area contributed by atoms with Gasteiger partial charge in [-0.2, -0.15) is 0 Å². The number of carboxylic acids is 3. The minimum atomic E-state index is -2.27. The first kappa shape index (κ1) is 32.4. The molecule has 0 aliphatic carbocycles. The molecule has 3 fully saturated rings. The van der Waals surface area contributed by atoms with E-state index in [-0.39, 0.29) is 6.61 Å². The molecule has 19 heteroatoms. The van der Waals surface area contributed by atoms with Crippen molar-refractivity contribution in [1.82, 2.24) is 0 Å². The van der Waals surface area contributed by atoms with Gasteiger partial charge in [-0.3, -0.25) is 0 Å². The number of aliphatic hydroxyl groups is 7. The van der Waals surface area contributed by atoms with Crippen LogP contribution in [0.1, 0.15) is 13.3 Å². The molecule has 0 radical (unpaired) electrons. The Bertz CT molecular complexity index is 901. The number of ether oxygens (including phenoxy) is 6. The van der Waals surface area contributed by atoms with Crippen molar-refractivity contribution in [3.05, 3.63) is 0 Å². The minimum Gasteiger partial charge on any atom is -0.479 e. The molecule has 230 valence electrons. The van der Waals surface area contributed by atoms with E-state index in [9.17, 15) is 60.3 Å². The molecule has 0 amide bonds. The van der Waals surface area contributed by atoms with Gasteiger partial charge >= 0.3 is 17.9 Å². The van der Waals surface area contributed by atoms with Crippen LogP contribution < -0.4 is 0 Å². The van der Waals surface area contributed by atoms with Gasteiger partial charge in [0.25, 0.3) is 0 Å². The Kier molecular flexibility index (Phi) is 10.7. The van der Waals surface area contributed by atoms with Crippen LogP contribution in [0.2, 0.25) is 0 Å². The molecule has 3 heterocycles. The van der Waals surface area contributed by atoms with E-state index >= 15 is 0 Å². The molecule has 0 aromatic carbocycles. The summed E-state index contributed by atoms with van der Waals surface area (Å²) in [6.45, 7) is 1.75. The number of aliphatic hydroxyl groups excluding tert-OH is 7. The van der Waals surface area contributed by atoms with Gasteiger partial charge in [-0.05, 0) is 6.42 Å². The third-order valence-electron chi connectivity index (χ3n) is 6.46. The second kappa shape index (κ2) is 13.2. The van der Waals surface area contributed by atoms with Gasteiger partial charge in [0.2, 0.25) is 0 Å². The van der Waals surface area contributed by atoms with Crippen LogP contribution in [0.5, 0.6) is 0 Å². The molecule has 3 saturated heterocycles. The monoisotopic (exact) mass is 588 g/mol. The lowest BCUT2D eigenvalue weighted by Gasteiger charge is -2.46. The van der Waals surface area contributed by atoms with E-state index in [1.807, 2.05) is 0 Å². The highest BCUT2D eigenvalue weighted by atomic mass is 16.8. The van der Waals surface area contributed by atoms with E-state index in [4.69, 9.17) is 33.5 Å².